The summed E-state index contributed by atoms with van der Waals surface area (Å²) in [5, 5.41) is 1.09. The van der Waals surface area contributed by atoms with Crippen molar-refractivity contribution in [3.63, 3.8) is 0 Å². The Balaban J connectivity index is 1.48. The second kappa shape index (κ2) is 11.0. The van der Waals surface area contributed by atoms with E-state index in [1.807, 2.05) is 30.3 Å². The summed E-state index contributed by atoms with van der Waals surface area (Å²) >= 11 is 0. The molecule has 37 heavy (non-hydrogen) atoms. The third-order valence-electron chi connectivity index (χ3n) is 5.71. The van der Waals surface area contributed by atoms with E-state index >= 15 is 4.39 Å². The van der Waals surface area contributed by atoms with Gasteiger partial charge in [-0.1, -0.05) is 49.1 Å². The standard InChI is InChI=1S/C29H22F6O2/c1-2-13-36-23-10-7-19(8-11-23)21-9-12-24-22(16-21)6-5-20(27(24)32)4-3-18-14-25(30)28(26(31)15-18)37-17-29(33,34)35/h2,5-12,14-16H,1,3-4,13,17H2. The number of ether oxygens (including phenoxy) is 2. The predicted octanol–water partition coefficient (Wildman–Crippen LogP) is 8.22. The van der Waals surface area contributed by atoms with E-state index in [0.717, 1.165) is 23.3 Å². The molecule has 0 fully saturated rings. The van der Waals surface area contributed by atoms with Gasteiger partial charge in [-0.2, -0.15) is 13.2 Å². The summed E-state index contributed by atoms with van der Waals surface area (Å²) in [5.41, 5.74) is 2.35. The monoisotopic (exact) mass is 516 g/mol. The predicted molar refractivity (Wildman–Crippen MR) is 130 cm³/mol. The zero-order valence-corrected chi connectivity index (χ0v) is 19.5. The van der Waals surface area contributed by atoms with Gasteiger partial charge in [0.15, 0.2) is 24.0 Å². The van der Waals surface area contributed by atoms with Crippen LogP contribution in [0.1, 0.15) is 11.1 Å². The summed E-state index contributed by atoms with van der Waals surface area (Å²) in [4.78, 5) is 0. The Morgan fingerprint density at radius 1 is 0.757 bits per heavy atom. The fourth-order valence-electron chi connectivity index (χ4n) is 3.94. The summed E-state index contributed by atoms with van der Waals surface area (Å²) in [6, 6.07) is 18.0. The third kappa shape index (κ3) is 6.44. The Hall–Kier alpha value is -3.94. The van der Waals surface area contributed by atoms with Crippen molar-refractivity contribution in [2.75, 3.05) is 13.2 Å². The number of hydrogen-bond acceptors (Lipinski definition) is 2. The minimum Gasteiger partial charge on any atom is -0.490 e. The molecule has 0 aromatic heterocycles. The highest BCUT2D eigenvalue weighted by atomic mass is 19.4. The van der Waals surface area contributed by atoms with Crippen LogP contribution >= 0.6 is 0 Å². The number of aryl methyl sites for hydroxylation is 2. The largest absolute Gasteiger partial charge is 0.490 e. The summed E-state index contributed by atoms with van der Waals surface area (Å²) in [6.45, 7) is 2.21. The van der Waals surface area contributed by atoms with Gasteiger partial charge in [-0.3, -0.25) is 0 Å². The summed E-state index contributed by atoms with van der Waals surface area (Å²) in [5.74, 6) is -3.31. The molecule has 4 aromatic rings. The van der Waals surface area contributed by atoms with Gasteiger partial charge in [0, 0.05) is 5.39 Å². The quantitative estimate of drug-likeness (QED) is 0.165. The van der Waals surface area contributed by atoms with Gasteiger partial charge >= 0.3 is 6.18 Å². The highest BCUT2D eigenvalue weighted by Crippen LogP contribution is 2.30. The van der Waals surface area contributed by atoms with E-state index in [9.17, 15) is 22.0 Å². The molecule has 0 aliphatic carbocycles. The maximum atomic E-state index is 15.2. The van der Waals surface area contributed by atoms with Crippen LogP contribution in [0.3, 0.4) is 0 Å². The Bertz CT molecular complexity index is 1390. The van der Waals surface area contributed by atoms with E-state index in [0.29, 0.717) is 28.7 Å². The lowest BCUT2D eigenvalue weighted by molar-refractivity contribution is -0.154. The molecule has 4 rings (SSSR count). The Morgan fingerprint density at radius 2 is 1.43 bits per heavy atom. The van der Waals surface area contributed by atoms with Crippen molar-refractivity contribution >= 4 is 10.8 Å². The highest BCUT2D eigenvalue weighted by molar-refractivity contribution is 5.88. The van der Waals surface area contributed by atoms with E-state index in [1.54, 1.807) is 30.3 Å². The molecule has 0 radical (unpaired) electrons. The lowest BCUT2D eigenvalue weighted by Gasteiger charge is -2.12. The van der Waals surface area contributed by atoms with Crippen LogP contribution in [0, 0.1) is 17.5 Å². The molecule has 4 aromatic carbocycles. The number of alkyl halides is 3. The second-order valence-electron chi connectivity index (χ2n) is 8.39. The van der Waals surface area contributed by atoms with Crippen LogP contribution in [-0.4, -0.2) is 19.4 Å². The van der Waals surface area contributed by atoms with Gasteiger partial charge in [0.2, 0.25) is 0 Å². The van der Waals surface area contributed by atoms with Gasteiger partial charge in [-0.25, -0.2) is 13.2 Å². The molecule has 0 aliphatic heterocycles. The van der Waals surface area contributed by atoms with E-state index in [4.69, 9.17) is 4.74 Å². The molecule has 0 heterocycles. The minimum atomic E-state index is -4.73. The molecule has 0 saturated carbocycles. The molecule has 0 saturated heterocycles. The first-order valence-electron chi connectivity index (χ1n) is 11.4. The number of fused-ring (bicyclic) bond motifs is 1. The zero-order valence-electron chi connectivity index (χ0n) is 19.5. The molecule has 0 bridgehead atoms. The van der Waals surface area contributed by atoms with E-state index < -0.39 is 36.0 Å². The van der Waals surface area contributed by atoms with Gasteiger partial charge in [0.25, 0.3) is 0 Å². The lowest BCUT2D eigenvalue weighted by atomic mass is 9.97. The average Bonchev–Trinajstić information content (AvgIpc) is 2.86. The molecular formula is C29H22F6O2. The average molecular weight is 516 g/mol. The molecule has 0 unspecified atom stereocenters. The van der Waals surface area contributed by atoms with E-state index in [2.05, 4.69) is 11.3 Å². The molecule has 0 N–H and O–H groups in total. The highest BCUT2D eigenvalue weighted by Gasteiger charge is 2.30. The van der Waals surface area contributed by atoms with Gasteiger partial charge < -0.3 is 9.47 Å². The zero-order chi connectivity index (χ0) is 26.6. The first-order chi connectivity index (χ1) is 17.6. The minimum absolute atomic E-state index is 0.0776. The summed E-state index contributed by atoms with van der Waals surface area (Å²) in [7, 11) is 0. The number of halogens is 6. The fourth-order valence-corrected chi connectivity index (χ4v) is 3.94. The van der Waals surface area contributed by atoms with E-state index in [1.165, 1.54) is 0 Å². The maximum Gasteiger partial charge on any atom is 0.422 e. The van der Waals surface area contributed by atoms with Crippen molar-refractivity contribution in [3.8, 4) is 22.6 Å². The maximum absolute atomic E-state index is 15.2. The van der Waals surface area contributed by atoms with Crippen LogP contribution in [0.4, 0.5) is 26.3 Å². The Kier molecular flexibility index (Phi) is 7.76. The molecule has 0 spiro atoms. The molecule has 2 nitrogen and oxygen atoms in total. The van der Waals surface area contributed by atoms with Crippen LogP contribution in [0.25, 0.3) is 21.9 Å². The van der Waals surface area contributed by atoms with Crippen molar-refractivity contribution in [2.24, 2.45) is 0 Å². The van der Waals surface area contributed by atoms with Gasteiger partial charge in [-0.15, -0.1) is 0 Å². The summed E-state index contributed by atoms with van der Waals surface area (Å²) < 4.78 is 90.1. The summed E-state index contributed by atoms with van der Waals surface area (Å²) in [6.07, 6.45) is -2.85. The van der Waals surface area contributed by atoms with Crippen molar-refractivity contribution in [1.82, 2.24) is 0 Å². The smallest absolute Gasteiger partial charge is 0.422 e. The molecule has 8 heteroatoms. The van der Waals surface area contributed by atoms with Crippen molar-refractivity contribution in [3.05, 3.63) is 108 Å². The fraction of sp³-hybridized carbons (Fsp3) is 0.172. The van der Waals surface area contributed by atoms with Crippen LogP contribution < -0.4 is 9.47 Å². The number of rotatable bonds is 9. The Labute approximate surface area is 209 Å². The third-order valence-corrected chi connectivity index (χ3v) is 5.71. The van der Waals surface area contributed by atoms with Crippen LogP contribution in [-0.2, 0) is 12.8 Å². The molecule has 192 valence electrons. The van der Waals surface area contributed by atoms with Gasteiger partial charge in [0.05, 0.1) is 0 Å². The van der Waals surface area contributed by atoms with Gasteiger partial charge in [0.1, 0.15) is 18.2 Å². The molecular weight excluding hydrogens is 494 g/mol. The molecule has 0 aliphatic rings. The first-order valence-corrected chi connectivity index (χ1v) is 11.4. The normalized spacial score (nSPS) is 11.5. The topological polar surface area (TPSA) is 18.5 Å². The molecule has 0 atom stereocenters. The van der Waals surface area contributed by atoms with Crippen molar-refractivity contribution in [2.45, 2.75) is 19.0 Å². The lowest BCUT2D eigenvalue weighted by Crippen LogP contribution is -2.20. The van der Waals surface area contributed by atoms with Crippen molar-refractivity contribution in [1.29, 1.82) is 0 Å². The first kappa shape index (κ1) is 26.1. The van der Waals surface area contributed by atoms with Crippen LogP contribution in [0.2, 0.25) is 0 Å². The van der Waals surface area contributed by atoms with Crippen LogP contribution in [0.15, 0.2) is 79.4 Å². The van der Waals surface area contributed by atoms with Gasteiger partial charge in [-0.05, 0) is 70.8 Å². The number of hydrogen-bond donors (Lipinski definition) is 0. The van der Waals surface area contributed by atoms with E-state index in [-0.39, 0.29) is 18.4 Å². The molecule has 0 amide bonds. The second-order valence-corrected chi connectivity index (χ2v) is 8.39. The Morgan fingerprint density at radius 3 is 2.08 bits per heavy atom. The van der Waals surface area contributed by atoms with Crippen LogP contribution in [0.5, 0.6) is 11.5 Å². The number of benzene rings is 4. The SMILES string of the molecule is C=CCOc1ccc(-c2ccc3c(F)c(CCc4cc(F)c(OCC(F)(F)F)c(F)c4)ccc3c2)cc1. The van der Waals surface area contributed by atoms with Crippen molar-refractivity contribution < 1.29 is 35.8 Å².